The van der Waals surface area contributed by atoms with Crippen LogP contribution >= 0.6 is 7.14 Å². The van der Waals surface area contributed by atoms with Gasteiger partial charge in [-0.3, -0.25) is 4.79 Å². The fourth-order valence-corrected chi connectivity index (χ4v) is 7.01. The van der Waals surface area contributed by atoms with Gasteiger partial charge in [0.25, 0.3) is 0 Å². The van der Waals surface area contributed by atoms with Gasteiger partial charge in [-0.15, -0.1) is 0 Å². The molecule has 2 unspecified atom stereocenters. The van der Waals surface area contributed by atoms with E-state index < -0.39 is 24.5 Å². The van der Waals surface area contributed by atoms with E-state index in [4.69, 9.17) is 0 Å². The molecule has 1 saturated heterocycles. The molecule has 0 saturated carbocycles. The fourth-order valence-electron chi connectivity index (χ4n) is 6.06. The van der Waals surface area contributed by atoms with Crippen molar-refractivity contribution >= 4 is 35.2 Å². The van der Waals surface area contributed by atoms with Crippen molar-refractivity contribution in [3.63, 3.8) is 0 Å². The van der Waals surface area contributed by atoms with Crippen molar-refractivity contribution in [2.24, 2.45) is 0 Å². The summed E-state index contributed by atoms with van der Waals surface area (Å²) in [6.45, 7) is 17.2. The van der Waals surface area contributed by atoms with E-state index in [0.717, 1.165) is 5.56 Å². The molecule has 0 spiro atoms. The number of aromatic nitrogens is 3. The molecule has 11 heteroatoms. The zero-order valence-corrected chi connectivity index (χ0v) is 27.5. The van der Waals surface area contributed by atoms with E-state index in [1.165, 1.54) is 34.9 Å². The van der Waals surface area contributed by atoms with Gasteiger partial charge in [0.1, 0.15) is 30.3 Å². The molecule has 8 nitrogen and oxygen atoms in total. The van der Waals surface area contributed by atoms with Gasteiger partial charge in [0.05, 0.1) is 11.1 Å². The zero-order chi connectivity index (χ0) is 33.0. The number of hydrogen-bond acceptors (Lipinski definition) is 6. The van der Waals surface area contributed by atoms with Crippen LogP contribution in [-0.2, 0) is 9.36 Å². The third-order valence-electron chi connectivity index (χ3n) is 8.43. The van der Waals surface area contributed by atoms with Crippen LogP contribution < -0.4 is 15.9 Å². The minimum Gasteiger partial charge on any atom is -0.349 e. The first-order valence-corrected chi connectivity index (χ1v) is 17.5. The summed E-state index contributed by atoms with van der Waals surface area (Å²) in [5, 5.41) is 0.944. The number of halogens is 2. The summed E-state index contributed by atoms with van der Waals surface area (Å²) >= 11 is 0. The van der Waals surface area contributed by atoms with Gasteiger partial charge < -0.3 is 14.4 Å². The zero-order valence-electron chi connectivity index (χ0n) is 26.6. The molecule has 2 aromatic carbocycles. The number of amides is 1. The summed E-state index contributed by atoms with van der Waals surface area (Å²) in [5.74, 6) is -1.48. The van der Waals surface area contributed by atoms with Gasteiger partial charge in [-0.2, -0.15) is 4.98 Å². The number of piperazine rings is 1. The second-order valence-electron chi connectivity index (χ2n) is 12.5. The summed E-state index contributed by atoms with van der Waals surface area (Å²) in [4.78, 5) is 39.5. The molecule has 4 aromatic rings. The van der Waals surface area contributed by atoms with Crippen molar-refractivity contribution in [3.8, 4) is 16.9 Å². The molecule has 1 amide bonds. The van der Waals surface area contributed by atoms with Crippen LogP contribution in [0.2, 0.25) is 0 Å². The van der Waals surface area contributed by atoms with E-state index >= 15 is 4.39 Å². The predicted octanol–water partition coefficient (Wildman–Crippen LogP) is 6.02. The number of pyridine rings is 1. The van der Waals surface area contributed by atoms with E-state index in [1.54, 1.807) is 30.4 Å². The average Bonchev–Trinajstić information content (AvgIpc) is 2.97. The molecule has 2 atom stereocenters. The Morgan fingerprint density at radius 1 is 1.04 bits per heavy atom. The van der Waals surface area contributed by atoms with Crippen LogP contribution in [0.5, 0.6) is 0 Å². The average molecular weight is 634 g/mol. The standard InChI is InChI=1S/C34H38F2N5O3P/c1-9-29(42)39-17-22(6)40(18-21(39)5)32-26-16-28(36)30(24-12-10-11-13-27(24)35)37-33(26)41(34(43)38-32)31-20(4)14-23(45(7,8)44)15-25(31)19(2)3/h9-16,19,21-22H,1,17-18H2,2-8H3. The molecule has 1 aliphatic rings. The van der Waals surface area contributed by atoms with E-state index in [0.29, 0.717) is 29.6 Å². The molecule has 0 radical (unpaired) electrons. The molecule has 0 aliphatic carbocycles. The van der Waals surface area contributed by atoms with Crippen molar-refractivity contribution in [2.45, 2.75) is 52.6 Å². The molecule has 3 heterocycles. The van der Waals surface area contributed by atoms with Crippen LogP contribution in [0.1, 0.15) is 44.7 Å². The highest BCUT2D eigenvalue weighted by molar-refractivity contribution is 7.70. The lowest BCUT2D eigenvalue weighted by atomic mass is 9.97. The van der Waals surface area contributed by atoms with E-state index in [-0.39, 0.29) is 52.0 Å². The molecular formula is C34H38F2N5O3P. The first kappa shape index (κ1) is 32.2. The van der Waals surface area contributed by atoms with Gasteiger partial charge in [-0.1, -0.05) is 32.6 Å². The molecule has 45 heavy (non-hydrogen) atoms. The third kappa shape index (κ3) is 5.84. The molecular weight excluding hydrogens is 595 g/mol. The number of carbonyl (C=O) groups excluding carboxylic acids is 1. The molecule has 0 N–H and O–H groups in total. The lowest BCUT2D eigenvalue weighted by Gasteiger charge is -2.44. The third-order valence-corrected chi connectivity index (χ3v) is 9.93. The summed E-state index contributed by atoms with van der Waals surface area (Å²) in [5.41, 5.74) is 1.14. The Balaban J connectivity index is 1.86. The van der Waals surface area contributed by atoms with Crippen LogP contribution in [0, 0.1) is 18.6 Å². The first-order chi connectivity index (χ1) is 21.1. The Kier molecular flexibility index (Phi) is 8.57. The van der Waals surface area contributed by atoms with Crippen molar-refractivity contribution in [3.05, 3.63) is 88.4 Å². The Morgan fingerprint density at radius 2 is 1.73 bits per heavy atom. The first-order valence-electron chi connectivity index (χ1n) is 14.9. The normalized spacial score (nSPS) is 17.3. The molecule has 5 rings (SSSR count). The molecule has 1 aliphatic heterocycles. The highest BCUT2D eigenvalue weighted by atomic mass is 31.2. The minimum absolute atomic E-state index is 0.0399. The lowest BCUT2D eigenvalue weighted by molar-refractivity contribution is -0.128. The topological polar surface area (TPSA) is 88.4 Å². The fraction of sp³-hybridized carbons (Fsp3) is 0.353. The SMILES string of the molecule is C=CC(=O)N1CC(C)N(c2nc(=O)n(-c3c(C)cc(P(C)(C)=O)cc3C(C)C)c3nc(-c4ccccc4F)c(F)cc23)CC1C. The molecule has 1 fully saturated rings. The summed E-state index contributed by atoms with van der Waals surface area (Å²) in [6, 6.07) is 10.2. The largest absolute Gasteiger partial charge is 0.355 e. The van der Waals surface area contributed by atoms with Gasteiger partial charge in [-0.05, 0) is 87.6 Å². The number of benzene rings is 2. The second kappa shape index (κ2) is 12.0. The Morgan fingerprint density at radius 3 is 2.36 bits per heavy atom. The number of hydrogen-bond donors (Lipinski definition) is 0. The van der Waals surface area contributed by atoms with Crippen molar-refractivity contribution in [2.75, 3.05) is 31.3 Å². The number of nitrogens with zero attached hydrogens (tertiary/aromatic N) is 5. The highest BCUT2D eigenvalue weighted by Gasteiger charge is 2.34. The molecule has 236 valence electrons. The lowest BCUT2D eigenvalue weighted by Crippen LogP contribution is -2.58. The quantitative estimate of drug-likeness (QED) is 0.191. The number of fused-ring (bicyclic) bond motifs is 1. The van der Waals surface area contributed by atoms with Gasteiger partial charge >= 0.3 is 5.69 Å². The van der Waals surface area contributed by atoms with Gasteiger partial charge in [0, 0.05) is 36.0 Å². The highest BCUT2D eigenvalue weighted by Crippen LogP contribution is 2.39. The van der Waals surface area contributed by atoms with Crippen LogP contribution in [0.15, 0.2) is 59.9 Å². The van der Waals surface area contributed by atoms with Crippen LogP contribution in [-0.4, -0.2) is 63.8 Å². The van der Waals surface area contributed by atoms with Crippen LogP contribution in [0.3, 0.4) is 0 Å². The van der Waals surface area contributed by atoms with Gasteiger partial charge in [0.15, 0.2) is 5.65 Å². The number of carbonyl (C=O) groups is 1. The maximum Gasteiger partial charge on any atom is 0.355 e. The number of aryl methyl sites for hydroxylation is 1. The van der Waals surface area contributed by atoms with Gasteiger partial charge in [-0.25, -0.2) is 23.1 Å². The number of rotatable bonds is 6. The van der Waals surface area contributed by atoms with Gasteiger partial charge in [0.2, 0.25) is 5.91 Å². The van der Waals surface area contributed by atoms with Crippen LogP contribution in [0.25, 0.3) is 28.0 Å². The maximum atomic E-state index is 16.0. The smallest absolute Gasteiger partial charge is 0.349 e. The minimum atomic E-state index is -2.65. The summed E-state index contributed by atoms with van der Waals surface area (Å²) in [6.07, 6.45) is 1.27. The maximum absolute atomic E-state index is 16.0. The van der Waals surface area contributed by atoms with E-state index in [1.807, 2.05) is 45.6 Å². The van der Waals surface area contributed by atoms with E-state index in [9.17, 15) is 18.5 Å². The van der Waals surface area contributed by atoms with Crippen molar-refractivity contribution in [1.82, 2.24) is 19.4 Å². The second-order valence-corrected chi connectivity index (χ2v) is 15.7. The number of anilines is 1. The van der Waals surface area contributed by atoms with E-state index in [2.05, 4.69) is 16.5 Å². The monoisotopic (exact) mass is 633 g/mol. The van der Waals surface area contributed by atoms with Crippen molar-refractivity contribution in [1.29, 1.82) is 0 Å². The Labute approximate surface area is 261 Å². The van der Waals surface area contributed by atoms with Crippen molar-refractivity contribution < 1.29 is 18.1 Å². The summed E-state index contributed by atoms with van der Waals surface area (Å²) < 4.78 is 45.4. The Bertz CT molecular complexity index is 1950. The summed E-state index contributed by atoms with van der Waals surface area (Å²) in [7, 11) is -2.65. The van der Waals surface area contributed by atoms with Crippen LogP contribution in [0.4, 0.5) is 14.6 Å². The molecule has 0 bridgehead atoms. The molecule has 2 aromatic heterocycles. The predicted molar refractivity (Wildman–Crippen MR) is 177 cm³/mol. The Hall–Kier alpha value is -4.17.